The lowest BCUT2D eigenvalue weighted by Gasteiger charge is -2.76. The summed E-state index contributed by atoms with van der Waals surface area (Å²) in [5.41, 5.74) is 0.649. The van der Waals surface area contributed by atoms with E-state index < -0.39 is 11.0 Å². The van der Waals surface area contributed by atoms with Crippen molar-refractivity contribution in [3.63, 3.8) is 0 Å². The minimum Gasteiger partial charge on any atom is -0.504 e. The fraction of sp³-hybridized carbons (Fsp3) is 0.793. The summed E-state index contributed by atoms with van der Waals surface area (Å²) in [5.74, 6) is 1.70. The molecule has 4 saturated carbocycles. The van der Waals surface area contributed by atoms with E-state index in [1.165, 1.54) is 30.5 Å². The van der Waals surface area contributed by atoms with Crippen LogP contribution in [0.1, 0.15) is 77.3 Å². The van der Waals surface area contributed by atoms with E-state index in [-0.39, 0.29) is 40.6 Å². The highest BCUT2D eigenvalue weighted by molar-refractivity contribution is 5.63. The summed E-state index contributed by atoms with van der Waals surface area (Å²) in [6.07, 6.45) is 7.43. The van der Waals surface area contributed by atoms with Crippen molar-refractivity contribution in [1.82, 2.24) is 4.90 Å². The van der Waals surface area contributed by atoms with Crippen molar-refractivity contribution in [3.05, 3.63) is 23.3 Å². The topological polar surface area (TPSA) is 73.2 Å². The Bertz CT molecular complexity index is 1060. The molecule has 1 aromatic carbocycles. The van der Waals surface area contributed by atoms with Crippen molar-refractivity contribution >= 4 is 0 Å². The summed E-state index contributed by atoms with van der Waals surface area (Å²) < 4.78 is 6.86. The monoisotopic (exact) mass is 467 g/mol. The molecule has 5 heteroatoms. The first-order valence-corrected chi connectivity index (χ1v) is 13.6. The second kappa shape index (κ2) is 6.33. The molecule has 34 heavy (non-hydrogen) atoms. The summed E-state index contributed by atoms with van der Waals surface area (Å²) >= 11 is 0. The van der Waals surface area contributed by atoms with Crippen LogP contribution in [0.5, 0.6) is 11.5 Å². The van der Waals surface area contributed by atoms with Crippen LogP contribution >= 0.6 is 0 Å². The molecule has 2 heterocycles. The van der Waals surface area contributed by atoms with Crippen LogP contribution in [0.4, 0.5) is 0 Å². The molecule has 3 N–H and O–H groups in total. The smallest absolute Gasteiger partial charge is 0.165 e. The van der Waals surface area contributed by atoms with Crippen molar-refractivity contribution in [1.29, 1.82) is 0 Å². The fourth-order valence-electron chi connectivity index (χ4n) is 9.74. The number of phenols is 1. The third-order valence-electron chi connectivity index (χ3n) is 12.0. The predicted molar refractivity (Wildman–Crippen MR) is 130 cm³/mol. The van der Waals surface area contributed by atoms with Gasteiger partial charge in [0.1, 0.15) is 6.10 Å². The number of rotatable bonds is 4. The minimum atomic E-state index is -0.944. The summed E-state index contributed by atoms with van der Waals surface area (Å²) in [6.45, 7) is 10.7. The Kier molecular flexibility index (Phi) is 4.08. The number of ether oxygens (including phenoxy) is 1. The number of aliphatic hydroxyl groups is 2. The third-order valence-corrected chi connectivity index (χ3v) is 12.0. The maximum atomic E-state index is 12.2. The summed E-state index contributed by atoms with van der Waals surface area (Å²) in [6, 6.07) is 4.39. The van der Waals surface area contributed by atoms with Crippen LogP contribution in [0, 0.1) is 28.1 Å². The quantitative estimate of drug-likeness (QED) is 0.624. The fourth-order valence-corrected chi connectivity index (χ4v) is 9.74. The average Bonchev–Trinajstić information content (AvgIpc) is 3.53. The lowest BCUT2D eigenvalue weighted by atomic mass is 9.31. The molecule has 8 rings (SSSR count). The maximum absolute atomic E-state index is 12.2. The van der Waals surface area contributed by atoms with Gasteiger partial charge in [-0.15, -0.1) is 0 Å². The first-order valence-electron chi connectivity index (χ1n) is 13.6. The molecule has 2 aliphatic heterocycles. The van der Waals surface area contributed by atoms with Gasteiger partial charge in [0.15, 0.2) is 11.5 Å². The Hall–Kier alpha value is -1.30. The van der Waals surface area contributed by atoms with E-state index in [2.05, 4.69) is 31.7 Å². The van der Waals surface area contributed by atoms with Crippen LogP contribution in [-0.2, 0) is 11.8 Å². The van der Waals surface area contributed by atoms with E-state index in [0.717, 1.165) is 44.6 Å². The molecule has 4 bridgehead atoms. The Balaban J connectivity index is 1.47. The number of piperidine rings is 1. The van der Waals surface area contributed by atoms with Crippen LogP contribution in [0.15, 0.2) is 12.1 Å². The standard InChI is InChI=1S/C29H41NO4/c1-25(2,3)26(4,33)20-14-28-10-9-27(20,16-31)24-29(28)11-12-30(15-17-5-6-17)21(28)13-18-7-8-19(32)23(34-24)22(18)29/h7-8,17,20-21,24,31-33H,5-6,9-16H2,1-4H3/t20-,21-,24?,26+,27-,28?,29+/m1/s1. The van der Waals surface area contributed by atoms with E-state index in [0.29, 0.717) is 11.8 Å². The number of fused-ring (bicyclic) bond motifs is 2. The van der Waals surface area contributed by atoms with Crippen molar-refractivity contribution < 1.29 is 20.1 Å². The summed E-state index contributed by atoms with van der Waals surface area (Å²) in [7, 11) is 0. The van der Waals surface area contributed by atoms with Crippen LogP contribution in [0.2, 0.25) is 0 Å². The molecule has 0 radical (unpaired) electrons. The summed E-state index contributed by atoms with van der Waals surface area (Å²) in [4.78, 5) is 2.80. The van der Waals surface area contributed by atoms with Gasteiger partial charge in [-0.25, -0.2) is 0 Å². The molecule has 0 aromatic heterocycles. The van der Waals surface area contributed by atoms with Gasteiger partial charge in [0.05, 0.1) is 12.2 Å². The van der Waals surface area contributed by atoms with Crippen molar-refractivity contribution in [2.24, 2.45) is 28.1 Å². The van der Waals surface area contributed by atoms with Crippen LogP contribution in [0.3, 0.4) is 0 Å². The second-order valence-electron chi connectivity index (χ2n) is 14.0. The van der Waals surface area contributed by atoms with E-state index in [1.807, 2.05) is 13.0 Å². The Morgan fingerprint density at radius 3 is 2.56 bits per heavy atom. The minimum absolute atomic E-state index is 0.00762. The maximum Gasteiger partial charge on any atom is 0.165 e. The molecule has 0 amide bonds. The van der Waals surface area contributed by atoms with Crippen LogP contribution in [0.25, 0.3) is 0 Å². The number of likely N-dealkylation sites (tertiary alicyclic amines) is 1. The van der Waals surface area contributed by atoms with Crippen LogP contribution < -0.4 is 4.74 Å². The number of hydrogen-bond donors (Lipinski definition) is 3. The normalized spacial score (nSPS) is 43.9. The van der Waals surface area contributed by atoms with E-state index >= 15 is 0 Å². The molecule has 5 fully saturated rings. The third kappa shape index (κ3) is 2.25. The van der Waals surface area contributed by atoms with Gasteiger partial charge in [0, 0.05) is 34.4 Å². The first kappa shape index (κ1) is 21.9. The van der Waals surface area contributed by atoms with E-state index in [4.69, 9.17) is 4.74 Å². The average molecular weight is 468 g/mol. The number of phenolic OH excluding ortho intramolecular Hbond substituents is 1. The van der Waals surface area contributed by atoms with E-state index in [1.54, 1.807) is 0 Å². The van der Waals surface area contributed by atoms with Crippen molar-refractivity contribution in [2.75, 3.05) is 19.7 Å². The van der Waals surface area contributed by atoms with Crippen molar-refractivity contribution in [3.8, 4) is 11.5 Å². The molecule has 2 unspecified atom stereocenters. The van der Waals surface area contributed by atoms with Gasteiger partial charge in [-0.1, -0.05) is 26.8 Å². The van der Waals surface area contributed by atoms with Gasteiger partial charge in [0.25, 0.3) is 0 Å². The number of hydrogen-bond acceptors (Lipinski definition) is 5. The number of nitrogens with zero attached hydrogens (tertiary/aromatic N) is 1. The predicted octanol–water partition coefficient (Wildman–Crippen LogP) is 4.01. The zero-order valence-corrected chi connectivity index (χ0v) is 21.2. The highest BCUT2D eigenvalue weighted by atomic mass is 16.5. The zero-order chi connectivity index (χ0) is 23.9. The molecule has 7 aliphatic rings. The Morgan fingerprint density at radius 1 is 1.12 bits per heavy atom. The molecular formula is C29H41NO4. The molecule has 186 valence electrons. The lowest BCUT2D eigenvalue weighted by molar-refractivity contribution is -0.289. The second-order valence-corrected chi connectivity index (χ2v) is 14.0. The number of aliphatic hydroxyl groups excluding tert-OH is 1. The number of aromatic hydroxyl groups is 1. The molecule has 2 spiro atoms. The van der Waals surface area contributed by atoms with Gasteiger partial charge in [0.2, 0.25) is 0 Å². The SMILES string of the molecule is CC(C)(C)[C@@](C)(O)[C@H]1CC23CC[C@]1(CO)C1Oc4c(O)ccc5c4[C@@]12CCN(CC1CC1)[C@@H]3C5. The lowest BCUT2D eigenvalue weighted by Crippen LogP contribution is -2.81. The number of benzene rings is 1. The largest absolute Gasteiger partial charge is 0.504 e. The first-order chi connectivity index (χ1) is 16.0. The molecule has 1 saturated heterocycles. The Morgan fingerprint density at radius 2 is 1.88 bits per heavy atom. The van der Waals surface area contributed by atoms with Gasteiger partial charge < -0.3 is 20.1 Å². The molecular weight excluding hydrogens is 426 g/mol. The van der Waals surface area contributed by atoms with E-state index in [9.17, 15) is 15.3 Å². The Labute approximate surface area is 203 Å². The zero-order valence-electron chi connectivity index (χ0n) is 21.2. The highest BCUT2D eigenvalue weighted by Crippen LogP contribution is 2.79. The molecule has 7 atom stereocenters. The molecule has 1 aromatic rings. The van der Waals surface area contributed by atoms with Gasteiger partial charge in [-0.2, -0.15) is 0 Å². The highest BCUT2D eigenvalue weighted by Gasteiger charge is 2.81. The molecule has 5 aliphatic carbocycles. The van der Waals surface area contributed by atoms with Gasteiger partial charge in [-0.3, -0.25) is 4.90 Å². The van der Waals surface area contributed by atoms with Gasteiger partial charge >= 0.3 is 0 Å². The van der Waals surface area contributed by atoms with Crippen molar-refractivity contribution in [2.45, 2.75) is 95.8 Å². The van der Waals surface area contributed by atoms with Crippen LogP contribution in [-0.4, -0.2) is 57.7 Å². The molecule has 5 nitrogen and oxygen atoms in total. The van der Waals surface area contributed by atoms with Gasteiger partial charge in [-0.05, 0) is 87.3 Å². The summed E-state index contributed by atoms with van der Waals surface area (Å²) in [5, 5.41) is 34.2.